The first kappa shape index (κ1) is 33.2. The number of aromatic nitrogens is 1. The maximum Gasteiger partial charge on any atom is 0.338 e. The van der Waals surface area contributed by atoms with Crippen LogP contribution in [0.1, 0.15) is 54.6 Å². The van der Waals surface area contributed by atoms with E-state index in [1.165, 1.54) is 55.1 Å². The number of nitrogens with one attached hydrogen (secondary N) is 1. The summed E-state index contributed by atoms with van der Waals surface area (Å²) >= 11 is 6.19. The summed E-state index contributed by atoms with van der Waals surface area (Å²) in [6.07, 6.45) is 2.88. The van der Waals surface area contributed by atoms with Gasteiger partial charge in [-0.3, -0.25) is 19.0 Å². The number of nitrogens with zero attached hydrogens (tertiary/aromatic N) is 2. The van der Waals surface area contributed by atoms with Crippen LogP contribution in [0.4, 0.5) is 5.69 Å². The highest BCUT2D eigenvalue weighted by Gasteiger charge is 2.29. The molecule has 0 radical (unpaired) electrons. The predicted molar refractivity (Wildman–Crippen MR) is 165 cm³/mol. The van der Waals surface area contributed by atoms with Gasteiger partial charge in [0.25, 0.3) is 5.56 Å². The number of nitriles is 1. The molecule has 4 atom stereocenters. The maximum atomic E-state index is 13.8. The number of carboxylic acids is 1. The molecular weight excluding hydrogens is 604 g/mol. The third kappa shape index (κ3) is 8.07. The molecule has 12 nitrogen and oxygen atoms in total. The largest absolute Gasteiger partial charge is 0.495 e. The summed E-state index contributed by atoms with van der Waals surface area (Å²) in [4.78, 5) is 50.9. The van der Waals surface area contributed by atoms with Crippen molar-refractivity contribution in [2.75, 3.05) is 19.0 Å². The number of halogens is 1. The van der Waals surface area contributed by atoms with Crippen molar-refractivity contribution in [2.45, 2.75) is 56.9 Å². The van der Waals surface area contributed by atoms with Crippen LogP contribution >= 0.6 is 11.6 Å². The lowest BCUT2D eigenvalue weighted by molar-refractivity contribution is -0.141. The van der Waals surface area contributed by atoms with E-state index in [2.05, 4.69) is 11.4 Å². The van der Waals surface area contributed by atoms with Gasteiger partial charge in [-0.2, -0.15) is 5.26 Å². The Labute approximate surface area is 264 Å². The molecule has 1 amide bonds. The Balaban J connectivity index is 1.62. The third-order valence-electron chi connectivity index (χ3n) is 7.53. The van der Waals surface area contributed by atoms with E-state index in [0.29, 0.717) is 34.0 Å². The van der Waals surface area contributed by atoms with Gasteiger partial charge >= 0.3 is 11.9 Å². The molecule has 1 aliphatic rings. The number of ether oxygens (including phenoxy) is 3. The summed E-state index contributed by atoms with van der Waals surface area (Å²) < 4.78 is 17.9. The van der Waals surface area contributed by atoms with Gasteiger partial charge in [-0.1, -0.05) is 11.6 Å². The molecule has 2 heterocycles. The second kappa shape index (κ2) is 14.9. The predicted octanol–water partition coefficient (Wildman–Crippen LogP) is 4.15. The van der Waals surface area contributed by atoms with Gasteiger partial charge in [0.15, 0.2) is 0 Å². The van der Waals surface area contributed by atoms with Gasteiger partial charge in [-0.05, 0) is 68.7 Å². The molecule has 1 aromatic heterocycles. The number of esters is 1. The van der Waals surface area contributed by atoms with Crippen LogP contribution in [0.15, 0.2) is 59.5 Å². The Hall–Kier alpha value is -4.70. The molecule has 0 bridgehead atoms. The Morgan fingerprint density at radius 1 is 1.18 bits per heavy atom. The van der Waals surface area contributed by atoms with Gasteiger partial charge < -0.3 is 30.4 Å². The van der Waals surface area contributed by atoms with E-state index in [1.807, 2.05) is 0 Å². The first-order valence-electron chi connectivity index (χ1n) is 14.2. The smallest absolute Gasteiger partial charge is 0.338 e. The van der Waals surface area contributed by atoms with Crippen molar-refractivity contribution in [1.29, 1.82) is 5.26 Å². The number of carbonyl (C=O) groups is 3. The molecule has 0 aliphatic carbocycles. The number of anilines is 1. The Kier molecular flexibility index (Phi) is 11.0. The number of aliphatic carboxylic acids is 1. The van der Waals surface area contributed by atoms with Crippen molar-refractivity contribution in [2.24, 2.45) is 5.73 Å². The van der Waals surface area contributed by atoms with Crippen molar-refractivity contribution in [3.63, 3.8) is 0 Å². The Morgan fingerprint density at radius 3 is 2.53 bits per heavy atom. The lowest BCUT2D eigenvalue weighted by Crippen LogP contribution is -2.42. The van der Waals surface area contributed by atoms with Crippen molar-refractivity contribution >= 4 is 35.1 Å². The summed E-state index contributed by atoms with van der Waals surface area (Å²) in [5.74, 6) is -2.32. The molecule has 1 aliphatic heterocycles. The van der Waals surface area contributed by atoms with Crippen molar-refractivity contribution in [3.8, 4) is 22.9 Å². The molecule has 0 spiro atoms. The highest BCUT2D eigenvalue weighted by molar-refractivity contribution is 6.31. The lowest BCUT2D eigenvalue weighted by Gasteiger charge is -2.28. The van der Waals surface area contributed by atoms with E-state index < -0.39 is 41.6 Å². The number of methoxy groups -OCH3 is 1. The summed E-state index contributed by atoms with van der Waals surface area (Å²) in [7, 11) is 1.42. The number of hydrogen-bond donors (Lipinski definition) is 3. The molecule has 1 fully saturated rings. The van der Waals surface area contributed by atoms with Gasteiger partial charge in [-0.15, -0.1) is 0 Å². The zero-order chi connectivity index (χ0) is 32.7. The van der Waals surface area contributed by atoms with E-state index in [1.54, 1.807) is 18.2 Å². The Morgan fingerprint density at radius 2 is 1.91 bits per heavy atom. The van der Waals surface area contributed by atoms with Crippen molar-refractivity contribution in [1.82, 2.24) is 4.57 Å². The van der Waals surface area contributed by atoms with Crippen LogP contribution in [-0.4, -0.2) is 59.5 Å². The number of rotatable bonds is 11. The summed E-state index contributed by atoms with van der Waals surface area (Å²) in [5, 5.41) is 21.8. The molecule has 0 saturated carbocycles. The van der Waals surface area contributed by atoms with Gasteiger partial charge in [0.2, 0.25) is 5.91 Å². The van der Waals surface area contributed by atoms with Crippen molar-refractivity contribution in [3.05, 3.63) is 81.2 Å². The number of hydrogen-bond acceptors (Lipinski definition) is 9. The van der Waals surface area contributed by atoms with E-state index in [9.17, 15) is 24.4 Å². The number of carbonyl (C=O) groups excluding carboxylic acids is 2. The van der Waals surface area contributed by atoms with Gasteiger partial charge in [0.05, 0.1) is 36.6 Å². The molecule has 236 valence electrons. The van der Waals surface area contributed by atoms with Crippen LogP contribution in [0.3, 0.4) is 0 Å². The van der Waals surface area contributed by atoms with Crippen LogP contribution in [-0.2, 0) is 19.1 Å². The number of nitrogens with two attached hydrogens (primary N) is 1. The fourth-order valence-corrected chi connectivity index (χ4v) is 5.17. The maximum absolute atomic E-state index is 13.8. The first-order valence-corrected chi connectivity index (χ1v) is 14.6. The molecule has 3 aromatic rings. The van der Waals surface area contributed by atoms with Gasteiger partial charge in [0, 0.05) is 40.9 Å². The normalized spacial score (nSPS) is 16.5. The van der Waals surface area contributed by atoms with Crippen LogP contribution in [0, 0.1) is 11.3 Å². The van der Waals surface area contributed by atoms with Crippen LogP contribution in [0.2, 0.25) is 5.02 Å². The van der Waals surface area contributed by atoms with Crippen LogP contribution < -0.4 is 21.3 Å². The monoisotopic (exact) mass is 636 g/mol. The van der Waals surface area contributed by atoms with Crippen molar-refractivity contribution < 1.29 is 33.7 Å². The topological polar surface area (TPSA) is 183 Å². The number of benzene rings is 2. The minimum Gasteiger partial charge on any atom is -0.495 e. The Bertz CT molecular complexity index is 1660. The molecule has 13 heteroatoms. The molecular formula is C32H33ClN4O8. The second-order valence-corrected chi connectivity index (χ2v) is 11.0. The lowest BCUT2D eigenvalue weighted by atomic mass is 9.99. The highest BCUT2D eigenvalue weighted by atomic mass is 35.5. The molecule has 2 aromatic carbocycles. The number of amides is 1. The molecule has 1 saturated heterocycles. The van der Waals surface area contributed by atoms with Gasteiger partial charge in [-0.25, -0.2) is 4.79 Å². The molecule has 1 unspecified atom stereocenters. The van der Waals surface area contributed by atoms with E-state index >= 15 is 0 Å². The molecule has 4 N–H and O–H groups in total. The second-order valence-electron chi connectivity index (χ2n) is 10.6. The van der Waals surface area contributed by atoms with Gasteiger partial charge in [0.1, 0.15) is 23.9 Å². The molecule has 4 rings (SSSR count). The first-order chi connectivity index (χ1) is 21.5. The quantitative estimate of drug-likeness (QED) is 0.258. The minimum absolute atomic E-state index is 0.124. The highest BCUT2D eigenvalue weighted by Crippen LogP contribution is 2.34. The van der Waals surface area contributed by atoms with E-state index in [0.717, 1.165) is 19.3 Å². The van der Waals surface area contributed by atoms with Crippen LogP contribution in [0.25, 0.3) is 11.1 Å². The summed E-state index contributed by atoms with van der Waals surface area (Å²) in [6.45, 7) is 1.93. The average molecular weight is 637 g/mol. The van der Waals surface area contributed by atoms with Crippen LogP contribution in [0.5, 0.6) is 5.75 Å². The summed E-state index contributed by atoms with van der Waals surface area (Å²) in [5.41, 5.74) is 6.54. The minimum atomic E-state index is -1.38. The fourth-order valence-electron chi connectivity index (χ4n) is 5.00. The molecule has 45 heavy (non-hydrogen) atoms. The summed E-state index contributed by atoms with van der Waals surface area (Å²) in [6, 6.07) is 11.5. The zero-order valence-corrected chi connectivity index (χ0v) is 25.5. The zero-order valence-electron chi connectivity index (χ0n) is 24.7. The standard InChI is InChI=1S/C32H33ClN4O8/c1-18(29(35)31(40)41)45-32(42)19-7-10-22(11-8-19)36-30(39)26(14-23-5-3-4-12-44-23)37-17-27(43-2)25(15-28(37)38)24-13-21(33)9-6-20(24)16-34/h6-11,13,15,17-18,23,26,29H,3-5,12,14,35H2,1-2H3,(H,36,39)(H,40,41)/t18-,23+,26?,29+/m1/s1. The third-order valence-corrected chi connectivity index (χ3v) is 7.76. The fraction of sp³-hybridized carbons (Fsp3) is 0.344. The average Bonchev–Trinajstić information content (AvgIpc) is 3.03. The van der Waals surface area contributed by atoms with E-state index in [4.69, 9.17) is 36.7 Å². The van der Waals surface area contributed by atoms with E-state index in [-0.39, 0.29) is 23.8 Å². The number of pyridine rings is 1. The SMILES string of the molecule is COc1cn(C(C[C@@H]2CCCCO2)C(=O)Nc2ccc(C(=O)O[C@H](C)[C@H](N)C(=O)O)cc2)c(=O)cc1-c1cc(Cl)ccc1C#N. The number of carboxylic acid groups (broad SMARTS) is 1.